The summed E-state index contributed by atoms with van der Waals surface area (Å²) in [4.78, 5) is 37.7. The van der Waals surface area contributed by atoms with E-state index in [4.69, 9.17) is 4.42 Å². The molecule has 0 atom stereocenters. The number of carbonyl (C=O) groups is 3. The van der Waals surface area contributed by atoms with Gasteiger partial charge in [-0.3, -0.25) is 14.4 Å². The molecule has 0 saturated carbocycles. The Morgan fingerprint density at radius 1 is 1.03 bits per heavy atom. The van der Waals surface area contributed by atoms with E-state index >= 15 is 0 Å². The number of rotatable bonds is 7. The molecule has 6 nitrogen and oxygen atoms in total. The van der Waals surface area contributed by atoms with Crippen LogP contribution in [0.2, 0.25) is 0 Å². The molecule has 3 aromatic rings. The lowest BCUT2D eigenvalue weighted by atomic mass is 10.1. The lowest BCUT2D eigenvalue weighted by Crippen LogP contribution is -2.18. The minimum Gasteiger partial charge on any atom is -0.459 e. The zero-order chi connectivity index (χ0) is 22.6. The van der Waals surface area contributed by atoms with Crippen molar-refractivity contribution >= 4 is 40.3 Å². The van der Waals surface area contributed by atoms with Crippen LogP contribution in [-0.4, -0.2) is 17.6 Å². The zero-order valence-electron chi connectivity index (χ0n) is 16.2. The topological polar surface area (TPSA) is 88.4 Å². The summed E-state index contributed by atoms with van der Waals surface area (Å²) in [5, 5.41) is 4.51. The predicted octanol–water partition coefficient (Wildman–Crippen LogP) is 5.52. The van der Waals surface area contributed by atoms with Crippen molar-refractivity contribution in [2.75, 3.05) is 10.6 Å². The molecule has 0 aliphatic heterocycles. The largest absolute Gasteiger partial charge is 0.459 e. The van der Waals surface area contributed by atoms with Gasteiger partial charge in [-0.2, -0.15) is 13.2 Å². The summed E-state index contributed by atoms with van der Waals surface area (Å²) in [6.07, 6.45) is -3.90. The van der Waals surface area contributed by atoms with Crippen LogP contribution in [0.15, 0.2) is 53.1 Å². The molecule has 0 aliphatic rings. The number of aryl methyl sites for hydroxylation is 1. The van der Waals surface area contributed by atoms with Crippen LogP contribution in [0, 0.1) is 6.92 Å². The maximum absolute atomic E-state index is 13.5. The van der Waals surface area contributed by atoms with Gasteiger partial charge in [0.25, 0.3) is 5.91 Å². The Morgan fingerprint density at radius 3 is 2.42 bits per heavy atom. The molecule has 0 unspecified atom stereocenters. The summed E-state index contributed by atoms with van der Waals surface area (Å²) in [6.45, 7) is 1.84. The summed E-state index contributed by atoms with van der Waals surface area (Å²) >= 11 is 1.29. The van der Waals surface area contributed by atoms with Crippen LogP contribution < -0.4 is 10.6 Å². The summed E-state index contributed by atoms with van der Waals surface area (Å²) in [7, 11) is 0. The van der Waals surface area contributed by atoms with Crippen LogP contribution in [0.5, 0.6) is 0 Å². The number of ketones is 1. The van der Waals surface area contributed by atoms with Gasteiger partial charge in [-0.15, -0.1) is 11.3 Å². The van der Waals surface area contributed by atoms with Crippen LogP contribution in [0.3, 0.4) is 0 Å². The number of hydrogen-bond donors (Lipinski definition) is 2. The molecule has 3 rings (SSSR count). The van der Waals surface area contributed by atoms with E-state index in [-0.39, 0.29) is 30.1 Å². The van der Waals surface area contributed by atoms with Gasteiger partial charge in [0.1, 0.15) is 0 Å². The number of nitrogens with one attached hydrogen (secondary N) is 2. The number of amides is 2. The molecule has 2 heterocycles. The fraction of sp³-hybridized carbons (Fsp3) is 0.190. The fourth-order valence-corrected chi connectivity index (χ4v) is 3.55. The molecule has 0 aliphatic carbocycles. The van der Waals surface area contributed by atoms with E-state index < -0.39 is 29.2 Å². The van der Waals surface area contributed by atoms with Gasteiger partial charge in [0.2, 0.25) is 5.91 Å². The smallest absolute Gasteiger partial charge is 0.418 e. The number of hydrogen-bond acceptors (Lipinski definition) is 5. The fourth-order valence-electron chi connectivity index (χ4n) is 2.71. The number of thiophene rings is 1. The van der Waals surface area contributed by atoms with E-state index in [1.807, 2.05) is 6.92 Å². The Kier molecular flexibility index (Phi) is 6.59. The number of carbonyl (C=O) groups excluding carboxylic acids is 3. The van der Waals surface area contributed by atoms with Gasteiger partial charge in [0, 0.05) is 23.4 Å². The first kappa shape index (κ1) is 22.3. The molecule has 0 fully saturated rings. The first-order valence-electron chi connectivity index (χ1n) is 9.09. The van der Waals surface area contributed by atoms with Crippen LogP contribution >= 0.6 is 11.3 Å². The summed E-state index contributed by atoms with van der Waals surface area (Å²) in [6, 6.07) is 9.26. The second-order valence-electron chi connectivity index (χ2n) is 6.57. The molecule has 162 valence electrons. The molecular weight excluding hydrogens is 433 g/mol. The van der Waals surface area contributed by atoms with Crippen molar-refractivity contribution in [3.05, 3.63) is 69.8 Å². The SMILES string of the molecule is Cc1ccc(C(=O)CCC(=O)Nc2ccc(NC(=O)c3ccco3)cc2C(F)(F)F)s1. The number of benzene rings is 1. The van der Waals surface area contributed by atoms with Gasteiger partial charge in [-0.05, 0) is 49.4 Å². The van der Waals surface area contributed by atoms with Gasteiger partial charge in [0.15, 0.2) is 11.5 Å². The van der Waals surface area contributed by atoms with Gasteiger partial charge in [0.05, 0.1) is 22.4 Å². The molecule has 1 aromatic carbocycles. The number of halogens is 3. The van der Waals surface area contributed by atoms with Crippen molar-refractivity contribution in [2.45, 2.75) is 25.9 Å². The maximum atomic E-state index is 13.5. The Labute approximate surface area is 179 Å². The van der Waals surface area contributed by atoms with Crippen molar-refractivity contribution in [1.82, 2.24) is 0 Å². The maximum Gasteiger partial charge on any atom is 0.418 e. The average Bonchev–Trinajstić information content (AvgIpc) is 3.38. The summed E-state index contributed by atoms with van der Waals surface area (Å²) in [5.74, 6) is -1.74. The van der Waals surface area contributed by atoms with E-state index in [1.165, 1.54) is 35.8 Å². The molecule has 0 radical (unpaired) electrons. The van der Waals surface area contributed by atoms with Gasteiger partial charge < -0.3 is 15.1 Å². The molecular formula is C21H17F3N2O4S. The van der Waals surface area contributed by atoms with Crippen LogP contribution in [0.1, 0.15) is 43.5 Å². The van der Waals surface area contributed by atoms with Crippen molar-refractivity contribution in [3.8, 4) is 0 Å². The first-order valence-corrected chi connectivity index (χ1v) is 9.91. The molecule has 2 N–H and O–H groups in total. The quantitative estimate of drug-likeness (QED) is 0.464. The third-order valence-electron chi connectivity index (χ3n) is 4.20. The van der Waals surface area contributed by atoms with E-state index in [9.17, 15) is 27.6 Å². The predicted molar refractivity (Wildman–Crippen MR) is 109 cm³/mol. The molecule has 0 saturated heterocycles. The highest BCUT2D eigenvalue weighted by molar-refractivity contribution is 7.14. The van der Waals surface area contributed by atoms with E-state index in [0.29, 0.717) is 4.88 Å². The molecule has 0 bridgehead atoms. The highest BCUT2D eigenvalue weighted by atomic mass is 32.1. The molecule has 2 amide bonds. The van der Waals surface area contributed by atoms with Crippen molar-refractivity contribution in [3.63, 3.8) is 0 Å². The standard InChI is InChI=1S/C21H17F3N2O4S/c1-12-4-8-18(31-12)16(27)7-9-19(28)26-15-6-5-13(11-14(15)21(22,23)24)25-20(29)17-3-2-10-30-17/h2-6,8,10-11H,7,9H2,1H3,(H,25,29)(H,26,28). The Hall–Kier alpha value is -3.40. The lowest BCUT2D eigenvalue weighted by Gasteiger charge is -2.15. The number of anilines is 2. The van der Waals surface area contributed by atoms with Gasteiger partial charge >= 0.3 is 6.18 Å². The number of Topliss-reactive ketones (excluding diaryl/α,β-unsaturated/α-hetero) is 1. The Morgan fingerprint density at radius 2 is 1.81 bits per heavy atom. The number of furan rings is 1. The molecule has 31 heavy (non-hydrogen) atoms. The second-order valence-corrected chi connectivity index (χ2v) is 7.86. The average molecular weight is 450 g/mol. The molecule has 2 aromatic heterocycles. The first-order chi connectivity index (χ1) is 14.6. The zero-order valence-corrected chi connectivity index (χ0v) is 17.0. The van der Waals surface area contributed by atoms with Crippen molar-refractivity contribution < 1.29 is 32.0 Å². The summed E-state index contributed by atoms with van der Waals surface area (Å²) < 4.78 is 45.4. The van der Waals surface area contributed by atoms with E-state index in [0.717, 1.165) is 17.0 Å². The minimum atomic E-state index is -4.78. The van der Waals surface area contributed by atoms with Crippen LogP contribution in [0.25, 0.3) is 0 Å². The van der Waals surface area contributed by atoms with Gasteiger partial charge in [-0.1, -0.05) is 0 Å². The third-order valence-corrected chi connectivity index (χ3v) is 5.24. The Balaban J connectivity index is 1.68. The van der Waals surface area contributed by atoms with Crippen LogP contribution in [0.4, 0.5) is 24.5 Å². The second kappa shape index (κ2) is 9.17. The van der Waals surface area contributed by atoms with Crippen molar-refractivity contribution in [2.24, 2.45) is 0 Å². The third kappa shape index (κ3) is 5.82. The van der Waals surface area contributed by atoms with Crippen molar-refractivity contribution in [1.29, 1.82) is 0 Å². The monoisotopic (exact) mass is 450 g/mol. The number of alkyl halides is 3. The summed E-state index contributed by atoms with van der Waals surface area (Å²) in [5.41, 5.74) is -1.71. The van der Waals surface area contributed by atoms with E-state index in [2.05, 4.69) is 10.6 Å². The van der Waals surface area contributed by atoms with Crippen LogP contribution in [-0.2, 0) is 11.0 Å². The molecule has 10 heteroatoms. The Bertz CT molecular complexity index is 1100. The highest BCUT2D eigenvalue weighted by Gasteiger charge is 2.34. The molecule has 0 spiro atoms. The lowest BCUT2D eigenvalue weighted by molar-refractivity contribution is -0.136. The van der Waals surface area contributed by atoms with E-state index in [1.54, 1.807) is 12.1 Å². The normalized spacial score (nSPS) is 11.2. The minimum absolute atomic E-state index is 0.0588. The highest BCUT2D eigenvalue weighted by Crippen LogP contribution is 2.37. The van der Waals surface area contributed by atoms with Gasteiger partial charge in [-0.25, -0.2) is 0 Å².